The largest absolute Gasteiger partial charge is 0.314 e. The summed E-state index contributed by atoms with van der Waals surface area (Å²) in [5, 5.41) is 11.6. The van der Waals surface area contributed by atoms with Gasteiger partial charge in [0.05, 0.1) is 11.4 Å². The molecule has 3 N–H and O–H groups in total. The molecule has 2 rings (SSSR count). The Bertz CT molecular complexity index is 617. The molecule has 0 aliphatic heterocycles. The van der Waals surface area contributed by atoms with Gasteiger partial charge in [-0.3, -0.25) is 9.82 Å². The average Bonchev–Trinajstić information content (AvgIpc) is 2.89. The molecular formula is C9H13N5O2S2. The molecule has 0 spiro atoms. The first-order valence-corrected chi connectivity index (χ1v) is 7.51. The van der Waals surface area contributed by atoms with Crippen molar-refractivity contribution in [2.75, 3.05) is 11.8 Å². The van der Waals surface area contributed by atoms with Crippen LogP contribution in [0, 0.1) is 6.92 Å². The van der Waals surface area contributed by atoms with Crippen LogP contribution in [0.25, 0.3) is 0 Å². The van der Waals surface area contributed by atoms with E-state index in [1.54, 1.807) is 25.5 Å². The number of anilines is 1. The molecule has 0 aliphatic rings. The molecule has 2 aromatic heterocycles. The van der Waals surface area contributed by atoms with Crippen LogP contribution in [-0.4, -0.2) is 30.6 Å². The molecule has 0 saturated heterocycles. The molecule has 0 radical (unpaired) electrons. The van der Waals surface area contributed by atoms with E-state index in [1.807, 2.05) is 0 Å². The number of hydrogen-bond acceptors (Lipinski definition) is 6. The topological polar surface area (TPSA) is 99.8 Å². The number of aromatic amines is 1. The van der Waals surface area contributed by atoms with Crippen molar-refractivity contribution in [2.45, 2.75) is 18.4 Å². The van der Waals surface area contributed by atoms with Crippen LogP contribution in [0.15, 0.2) is 16.5 Å². The van der Waals surface area contributed by atoms with Gasteiger partial charge >= 0.3 is 0 Å². The van der Waals surface area contributed by atoms with Crippen molar-refractivity contribution in [2.24, 2.45) is 0 Å². The van der Waals surface area contributed by atoms with Crippen LogP contribution >= 0.6 is 11.3 Å². The Morgan fingerprint density at radius 3 is 2.89 bits per heavy atom. The van der Waals surface area contributed by atoms with E-state index in [-0.39, 0.29) is 4.90 Å². The van der Waals surface area contributed by atoms with Crippen LogP contribution in [0.4, 0.5) is 5.13 Å². The molecule has 18 heavy (non-hydrogen) atoms. The Kier molecular flexibility index (Phi) is 3.64. The summed E-state index contributed by atoms with van der Waals surface area (Å²) < 4.78 is 26.9. The molecule has 0 fully saturated rings. The molecule has 0 bridgehead atoms. The highest BCUT2D eigenvalue weighted by Crippen LogP contribution is 2.22. The molecule has 0 aromatic carbocycles. The van der Waals surface area contributed by atoms with E-state index in [2.05, 4.69) is 25.2 Å². The highest BCUT2D eigenvalue weighted by atomic mass is 32.2. The summed E-state index contributed by atoms with van der Waals surface area (Å²) in [5.41, 5.74) is 0.961. The van der Waals surface area contributed by atoms with Crippen molar-refractivity contribution in [1.29, 1.82) is 0 Å². The van der Waals surface area contributed by atoms with Crippen molar-refractivity contribution in [3.05, 3.63) is 23.0 Å². The summed E-state index contributed by atoms with van der Waals surface area (Å²) in [6.45, 7) is 2.04. The van der Waals surface area contributed by atoms with Crippen molar-refractivity contribution in [1.82, 2.24) is 20.5 Å². The summed E-state index contributed by atoms with van der Waals surface area (Å²) in [6, 6.07) is 0. The number of hydrogen-bond donors (Lipinski definition) is 3. The maximum Gasteiger partial charge on any atom is 0.267 e. The van der Waals surface area contributed by atoms with Crippen LogP contribution in [0.2, 0.25) is 0 Å². The van der Waals surface area contributed by atoms with Crippen molar-refractivity contribution < 1.29 is 8.42 Å². The molecule has 0 atom stereocenters. The first-order valence-electron chi connectivity index (χ1n) is 5.15. The maximum absolute atomic E-state index is 12.2. The van der Waals surface area contributed by atoms with Gasteiger partial charge in [-0.2, -0.15) is 5.10 Å². The Morgan fingerprint density at radius 2 is 2.28 bits per heavy atom. The summed E-state index contributed by atoms with van der Waals surface area (Å²) >= 11 is 1.22. The Labute approximate surface area is 109 Å². The third kappa shape index (κ3) is 2.52. The van der Waals surface area contributed by atoms with Crippen LogP contribution in [-0.2, 0) is 16.6 Å². The number of thiazole rings is 1. The lowest BCUT2D eigenvalue weighted by Crippen LogP contribution is -2.17. The van der Waals surface area contributed by atoms with Crippen LogP contribution in [0.3, 0.4) is 0 Å². The molecule has 0 unspecified atom stereocenters. The summed E-state index contributed by atoms with van der Waals surface area (Å²) in [5.74, 6) is 0. The maximum atomic E-state index is 12.2. The molecule has 0 amide bonds. The third-order valence-electron chi connectivity index (χ3n) is 2.23. The highest BCUT2D eigenvalue weighted by molar-refractivity contribution is 7.93. The number of sulfonamides is 1. The number of nitrogens with one attached hydrogen (secondary N) is 3. The lowest BCUT2D eigenvalue weighted by Gasteiger charge is -2.06. The first kappa shape index (κ1) is 13.0. The fourth-order valence-corrected chi connectivity index (χ4v) is 3.71. The summed E-state index contributed by atoms with van der Waals surface area (Å²) in [6.07, 6.45) is 1.54. The molecule has 2 heterocycles. The standard InChI is InChI=1S/C9H13N5O2S2/c1-6-8(7(5-10-2)13-12-6)18(15,16)14-9-11-3-4-17-9/h3-4,10H,5H2,1-2H3,(H,11,14)(H,12,13). The van der Waals surface area contributed by atoms with Gasteiger partial charge in [-0.15, -0.1) is 11.3 Å². The zero-order valence-electron chi connectivity index (χ0n) is 9.89. The summed E-state index contributed by atoms with van der Waals surface area (Å²) in [4.78, 5) is 4.07. The smallest absolute Gasteiger partial charge is 0.267 e. The minimum absolute atomic E-state index is 0.173. The monoisotopic (exact) mass is 287 g/mol. The van der Waals surface area contributed by atoms with E-state index in [9.17, 15) is 8.42 Å². The van der Waals surface area contributed by atoms with Gasteiger partial charge in [-0.05, 0) is 14.0 Å². The highest BCUT2D eigenvalue weighted by Gasteiger charge is 2.24. The van der Waals surface area contributed by atoms with E-state index in [4.69, 9.17) is 0 Å². The molecule has 0 aliphatic carbocycles. The van der Waals surface area contributed by atoms with Crippen LogP contribution in [0.1, 0.15) is 11.4 Å². The molecule has 98 valence electrons. The van der Waals surface area contributed by atoms with Gasteiger partial charge in [0.25, 0.3) is 10.0 Å². The number of aryl methyl sites for hydroxylation is 1. The second-order valence-corrected chi connectivity index (χ2v) is 6.11. The van der Waals surface area contributed by atoms with Crippen LogP contribution < -0.4 is 10.0 Å². The minimum Gasteiger partial charge on any atom is -0.314 e. The van der Waals surface area contributed by atoms with Gasteiger partial charge in [0.1, 0.15) is 4.90 Å². The van der Waals surface area contributed by atoms with E-state index >= 15 is 0 Å². The van der Waals surface area contributed by atoms with Gasteiger partial charge < -0.3 is 5.32 Å². The Hall–Kier alpha value is -1.45. The lowest BCUT2D eigenvalue weighted by atomic mass is 10.4. The zero-order valence-corrected chi connectivity index (χ0v) is 11.5. The van der Waals surface area contributed by atoms with E-state index in [0.29, 0.717) is 23.1 Å². The van der Waals surface area contributed by atoms with E-state index < -0.39 is 10.0 Å². The summed E-state index contributed by atoms with van der Waals surface area (Å²) in [7, 11) is -1.93. The molecule has 7 nitrogen and oxygen atoms in total. The Balaban J connectivity index is 2.37. The fourth-order valence-electron chi connectivity index (χ4n) is 1.55. The molecule has 2 aromatic rings. The SMILES string of the molecule is CNCc1n[nH]c(C)c1S(=O)(=O)Nc1nccs1. The van der Waals surface area contributed by atoms with Gasteiger partial charge in [-0.25, -0.2) is 13.4 Å². The van der Waals surface area contributed by atoms with Crippen molar-refractivity contribution >= 4 is 26.5 Å². The van der Waals surface area contributed by atoms with Gasteiger partial charge in [-0.1, -0.05) is 0 Å². The van der Waals surface area contributed by atoms with Gasteiger partial charge in [0, 0.05) is 18.1 Å². The third-order valence-corrected chi connectivity index (χ3v) is 4.59. The average molecular weight is 287 g/mol. The second-order valence-electron chi connectivity index (χ2n) is 3.60. The molecular weight excluding hydrogens is 274 g/mol. The quantitative estimate of drug-likeness (QED) is 0.751. The number of nitrogens with zero attached hydrogens (tertiary/aromatic N) is 2. The predicted octanol–water partition coefficient (Wildman–Crippen LogP) is 0.695. The van der Waals surface area contributed by atoms with Crippen molar-refractivity contribution in [3.63, 3.8) is 0 Å². The normalized spacial score (nSPS) is 11.7. The van der Waals surface area contributed by atoms with Crippen molar-refractivity contribution in [3.8, 4) is 0 Å². The first-order chi connectivity index (χ1) is 8.54. The van der Waals surface area contributed by atoms with Gasteiger partial charge in [0.2, 0.25) is 0 Å². The molecule has 0 saturated carbocycles. The number of aromatic nitrogens is 3. The lowest BCUT2D eigenvalue weighted by molar-refractivity contribution is 0.598. The molecule has 9 heteroatoms. The van der Waals surface area contributed by atoms with Crippen LogP contribution in [0.5, 0.6) is 0 Å². The predicted molar refractivity (Wildman–Crippen MR) is 69.0 cm³/mol. The second kappa shape index (κ2) is 5.04. The fraction of sp³-hybridized carbons (Fsp3) is 0.333. The zero-order chi connectivity index (χ0) is 13.2. The van der Waals surface area contributed by atoms with E-state index in [0.717, 1.165) is 0 Å². The van der Waals surface area contributed by atoms with Gasteiger partial charge in [0.15, 0.2) is 5.13 Å². The minimum atomic E-state index is -3.66. The Morgan fingerprint density at radius 1 is 1.50 bits per heavy atom. The number of rotatable bonds is 5. The number of H-pyrrole nitrogens is 1. The van der Waals surface area contributed by atoms with E-state index in [1.165, 1.54) is 11.3 Å².